The number of aromatic hydroxyl groups is 2. The molecule has 2 atom stereocenters. The molecule has 202 valence electrons. The van der Waals surface area contributed by atoms with Crippen LogP contribution in [0.15, 0.2) is 76.9 Å². The minimum absolute atomic E-state index is 0.125. The van der Waals surface area contributed by atoms with Gasteiger partial charge in [-0.2, -0.15) is 0 Å². The van der Waals surface area contributed by atoms with Gasteiger partial charge in [0, 0.05) is 6.08 Å². The zero-order valence-electron chi connectivity index (χ0n) is 22.1. The first-order valence-corrected chi connectivity index (χ1v) is 12.0. The van der Waals surface area contributed by atoms with E-state index in [1.54, 1.807) is 13.0 Å². The molecule has 0 fully saturated rings. The van der Waals surface area contributed by atoms with Crippen LogP contribution in [0.4, 0.5) is 0 Å². The van der Waals surface area contributed by atoms with Gasteiger partial charge in [0.25, 0.3) is 0 Å². The third kappa shape index (κ3) is 10.5. The van der Waals surface area contributed by atoms with Crippen molar-refractivity contribution in [1.82, 2.24) is 0 Å². The minimum Gasteiger partial charge on any atom is -0.504 e. The maximum Gasteiger partial charge on any atom is 0.328 e. The van der Waals surface area contributed by atoms with Crippen LogP contribution in [-0.2, 0) is 9.59 Å². The van der Waals surface area contributed by atoms with E-state index < -0.39 is 29.8 Å². The molecule has 1 aromatic carbocycles. The first-order chi connectivity index (χ1) is 17.2. The van der Waals surface area contributed by atoms with E-state index in [9.17, 15) is 14.7 Å². The molecular weight excluding hydrogens is 474 g/mol. The summed E-state index contributed by atoms with van der Waals surface area (Å²) in [5.41, 5.74) is 10.4. The van der Waals surface area contributed by atoms with Gasteiger partial charge in [-0.3, -0.25) is 4.79 Å². The molecule has 0 amide bonds. The number of carboxylic acids is 2. The van der Waals surface area contributed by atoms with Gasteiger partial charge in [0.05, 0.1) is 0 Å². The van der Waals surface area contributed by atoms with Crippen molar-refractivity contribution in [2.45, 2.75) is 66.0 Å². The zero-order valence-corrected chi connectivity index (χ0v) is 22.1. The molecule has 0 radical (unpaired) electrons. The fourth-order valence-corrected chi connectivity index (χ4v) is 3.94. The summed E-state index contributed by atoms with van der Waals surface area (Å²) in [5.74, 6) is -3.06. The molecule has 37 heavy (non-hydrogen) atoms. The summed E-state index contributed by atoms with van der Waals surface area (Å²) in [5, 5.41) is 44.8. The predicted octanol–water partition coefficient (Wildman–Crippen LogP) is 5.15. The second kappa shape index (κ2) is 14.2. The van der Waals surface area contributed by atoms with Crippen molar-refractivity contribution in [2.24, 2.45) is 11.1 Å². The lowest BCUT2D eigenvalue weighted by atomic mass is 9.72. The molecular formula is C29H39NO7. The van der Waals surface area contributed by atoms with Gasteiger partial charge in [0.1, 0.15) is 12.1 Å². The van der Waals surface area contributed by atoms with Crippen molar-refractivity contribution in [2.75, 3.05) is 0 Å². The lowest BCUT2D eigenvalue weighted by Gasteiger charge is -2.32. The lowest BCUT2D eigenvalue weighted by Crippen LogP contribution is -2.36. The number of carboxylic acid groups (broad SMARTS) is 2. The van der Waals surface area contributed by atoms with Crippen LogP contribution in [0.1, 0.15) is 65.5 Å². The van der Waals surface area contributed by atoms with Gasteiger partial charge in [0.15, 0.2) is 11.5 Å². The Kier molecular flexibility index (Phi) is 12.1. The molecule has 0 aliphatic heterocycles. The van der Waals surface area contributed by atoms with E-state index >= 15 is 0 Å². The van der Waals surface area contributed by atoms with E-state index in [1.807, 2.05) is 12.2 Å². The summed E-state index contributed by atoms with van der Waals surface area (Å²) in [6.07, 6.45) is 13.6. The molecule has 7 N–H and O–H groups in total. The number of nitrogens with two attached hydrogens (primary N) is 1. The monoisotopic (exact) mass is 513 g/mol. The highest BCUT2D eigenvalue weighted by molar-refractivity contribution is 5.81. The van der Waals surface area contributed by atoms with Gasteiger partial charge in [-0.25, -0.2) is 4.79 Å². The van der Waals surface area contributed by atoms with E-state index in [1.165, 1.54) is 42.6 Å². The first kappa shape index (κ1) is 31.4. The Morgan fingerprint density at radius 3 is 2.24 bits per heavy atom. The van der Waals surface area contributed by atoms with Gasteiger partial charge in [-0.15, -0.1) is 0 Å². The number of carbonyl (C=O) groups is 2. The quantitative estimate of drug-likeness (QED) is 0.158. The Morgan fingerprint density at radius 1 is 1.05 bits per heavy atom. The number of aliphatic carboxylic acids is 2. The topological polar surface area (TPSA) is 161 Å². The Labute approximate surface area is 218 Å². The fraction of sp³-hybridized carbons (Fsp3) is 0.379. The molecule has 0 saturated heterocycles. The summed E-state index contributed by atoms with van der Waals surface area (Å²) in [6, 6.07) is 2.00. The van der Waals surface area contributed by atoms with Crippen molar-refractivity contribution < 1.29 is 35.1 Å². The average Bonchev–Trinajstić information content (AvgIpc) is 2.79. The summed E-state index contributed by atoms with van der Waals surface area (Å²) in [7, 11) is 0. The van der Waals surface area contributed by atoms with Crippen molar-refractivity contribution in [3.05, 3.63) is 82.5 Å². The van der Waals surface area contributed by atoms with Crippen LogP contribution >= 0.6 is 0 Å². The predicted molar refractivity (Wildman–Crippen MR) is 144 cm³/mol. The molecule has 1 aliphatic carbocycles. The standard InChI is InChI=1S/C20H28O2.C9H11NO5/c1-15(8-6-9-16(2)14-19(21)22)11-12-18-17(3)10-7-13-20(18,4)5;10-7(9(14)15)8(13)4-1-2-5(11)6(12)3-4/h6,8-9,11-12,14H,7,10,13H2,1-5H3,(H,21,22);1-3,7-8,11-13H,10H2,(H,14,15)/b9-6+,12-11+,15-8+,16-14+;/t;7-,8-/m.0/s1. The zero-order chi connectivity index (χ0) is 28.3. The molecule has 2 rings (SSSR count). The van der Waals surface area contributed by atoms with Gasteiger partial charge in [0.2, 0.25) is 0 Å². The molecule has 0 aromatic heterocycles. The molecule has 0 heterocycles. The fourth-order valence-electron chi connectivity index (χ4n) is 3.94. The second-order valence-electron chi connectivity index (χ2n) is 9.82. The Morgan fingerprint density at radius 2 is 1.70 bits per heavy atom. The molecule has 1 aromatic rings. The molecule has 8 nitrogen and oxygen atoms in total. The molecule has 8 heteroatoms. The van der Waals surface area contributed by atoms with E-state index in [0.29, 0.717) is 0 Å². The van der Waals surface area contributed by atoms with Crippen LogP contribution in [-0.4, -0.2) is 43.5 Å². The molecule has 0 spiro atoms. The normalized spacial score (nSPS) is 17.9. The maximum absolute atomic E-state index is 10.5. The highest BCUT2D eigenvalue weighted by Crippen LogP contribution is 2.40. The largest absolute Gasteiger partial charge is 0.504 e. The van der Waals surface area contributed by atoms with E-state index in [-0.39, 0.29) is 16.7 Å². The van der Waals surface area contributed by atoms with Crippen molar-refractivity contribution in [3.8, 4) is 11.5 Å². The Bertz CT molecular complexity index is 1120. The smallest absolute Gasteiger partial charge is 0.328 e. The van der Waals surface area contributed by atoms with Gasteiger partial charge < -0.3 is 31.3 Å². The molecule has 1 aliphatic rings. The highest BCUT2D eigenvalue weighted by Gasteiger charge is 2.26. The van der Waals surface area contributed by atoms with Gasteiger partial charge in [-0.05, 0) is 74.3 Å². The van der Waals surface area contributed by atoms with Crippen LogP contribution in [0, 0.1) is 5.41 Å². The van der Waals surface area contributed by atoms with Crippen molar-refractivity contribution in [1.29, 1.82) is 0 Å². The number of aliphatic hydroxyl groups excluding tert-OH is 1. The van der Waals surface area contributed by atoms with Crippen LogP contribution in [0.3, 0.4) is 0 Å². The molecule has 0 unspecified atom stereocenters. The number of benzene rings is 1. The van der Waals surface area contributed by atoms with Crippen LogP contribution in [0.5, 0.6) is 11.5 Å². The maximum atomic E-state index is 10.5. The van der Waals surface area contributed by atoms with Crippen LogP contribution < -0.4 is 5.73 Å². The summed E-state index contributed by atoms with van der Waals surface area (Å²) in [6.45, 7) is 10.7. The third-order valence-corrected chi connectivity index (χ3v) is 6.09. The number of phenols is 2. The van der Waals surface area contributed by atoms with E-state index in [4.69, 9.17) is 26.2 Å². The third-order valence-electron chi connectivity index (χ3n) is 6.09. The summed E-state index contributed by atoms with van der Waals surface area (Å²) < 4.78 is 0. The van der Waals surface area contributed by atoms with Gasteiger partial charge in [-0.1, -0.05) is 61.4 Å². The van der Waals surface area contributed by atoms with Gasteiger partial charge >= 0.3 is 11.9 Å². The Balaban J connectivity index is 0.000000397. The number of rotatable bonds is 8. The van der Waals surface area contributed by atoms with E-state index in [2.05, 4.69) is 39.8 Å². The molecule has 0 bridgehead atoms. The number of phenolic OH excluding ortho intramolecular Hbond substituents is 2. The highest BCUT2D eigenvalue weighted by atomic mass is 16.4. The number of aliphatic hydroxyl groups is 1. The first-order valence-electron chi connectivity index (χ1n) is 12.0. The number of hydrogen-bond donors (Lipinski definition) is 6. The minimum atomic E-state index is -1.48. The van der Waals surface area contributed by atoms with Crippen LogP contribution in [0.2, 0.25) is 0 Å². The van der Waals surface area contributed by atoms with E-state index in [0.717, 1.165) is 23.3 Å². The number of hydrogen-bond acceptors (Lipinski definition) is 6. The summed E-state index contributed by atoms with van der Waals surface area (Å²) in [4.78, 5) is 21.0. The van der Waals surface area contributed by atoms with Crippen molar-refractivity contribution in [3.63, 3.8) is 0 Å². The summed E-state index contributed by atoms with van der Waals surface area (Å²) >= 11 is 0. The van der Waals surface area contributed by atoms with Crippen LogP contribution in [0.25, 0.3) is 0 Å². The Hall–Kier alpha value is -3.62. The molecule has 0 saturated carbocycles. The lowest BCUT2D eigenvalue weighted by molar-refractivity contribution is -0.141. The SMILES string of the molecule is CC1=C(/C=C/C(C)=C/C=C/C(C)=C/C(=O)O)C(C)(C)CCC1.N[C@H](C(=O)O)[C@@H](O)c1ccc(O)c(O)c1. The second-order valence-corrected chi connectivity index (χ2v) is 9.82. The average molecular weight is 514 g/mol. The van der Waals surface area contributed by atoms with Crippen molar-refractivity contribution >= 4 is 11.9 Å². The number of allylic oxidation sites excluding steroid dienone is 9.